The van der Waals surface area contributed by atoms with Gasteiger partial charge in [-0.15, -0.1) is 0 Å². The molecule has 0 unspecified atom stereocenters. The minimum atomic E-state index is -0.280. The van der Waals surface area contributed by atoms with Gasteiger partial charge < -0.3 is 14.8 Å². The van der Waals surface area contributed by atoms with E-state index in [0.717, 1.165) is 23.2 Å². The maximum Gasteiger partial charge on any atom is 0.161 e. The second-order valence-corrected chi connectivity index (χ2v) is 10.2. The molecule has 0 radical (unpaired) electrons. The Balaban J connectivity index is 1.14. The average molecular weight is 519 g/mol. The highest BCUT2D eigenvalue weighted by molar-refractivity contribution is 5.83. The third-order valence-corrected chi connectivity index (χ3v) is 7.60. The summed E-state index contributed by atoms with van der Waals surface area (Å²) in [5.74, 6) is 1.89. The topological polar surface area (TPSA) is 42.8 Å². The Morgan fingerprint density at radius 3 is 2.67 bits per heavy atom. The summed E-state index contributed by atoms with van der Waals surface area (Å²) < 4.78 is 24.8. The molecule has 0 saturated carbocycles. The van der Waals surface area contributed by atoms with Gasteiger partial charge in [0, 0.05) is 17.8 Å². The average Bonchev–Trinajstić information content (AvgIpc) is 3.46. The standard InChI is InChI=1S/C34H31FN2O2/c1-22-9-15-31-30(17-22)28-7-4-8-29(28)34(37-31)25-11-13-27(14-12-25)36-20-23-10-16-32(33(19-23)38-2)39-21-24-5-3-6-26(35)18-24/h3-7,9-20,28-29,34,37H,8,21H2,1-2H3/t28-,29+,34-/m0/s1. The fourth-order valence-electron chi connectivity index (χ4n) is 5.63. The summed E-state index contributed by atoms with van der Waals surface area (Å²) in [5, 5.41) is 3.81. The molecule has 0 aromatic heterocycles. The van der Waals surface area contributed by atoms with E-state index < -0.39 is 0 Å². The molecule has 5 heteroatoms. The SMILES string of the molecule is COc1cc(C=Nc2ccc([C@@H]3Nc4ccc(C)cc4[C@H]4C=CC[C@H]43)cc2)ccc1OCc1cccc(F)c1. The third kappa shape index (κ3) is 5.30. The van der Waals surface area contributed by atoms with Crippen LogP contribution in [-0.4, -0.2) is 13.3 Å². The lowest BCUT2D eigenvalue weighted by Crippen LogP contribution is -2.29. The highest BCUT2D eigenvalue weighted by Gasteiger charge is 2.37. The van der Waals surface area contributed by atoms with Crippen LogP contribution < -0.4 is 14.8 Å². The van der Waals surface area contributed by atoms with Gasteiger partial charge in [0.25, 0.3) is 0 Å². The molecule has 1 N–H and O–H groups in total. The number of ether oxygens (including phenoxy) is 2. The van der Waals surface area contributed by atoms with Gasteiger partial charge in [0.05, 0.1) is 18.8 Å². The molecule has 2 aliphatic rings. The summed E-state index contributed by atoms with van der Waals surface area (Å²) in [6.07, 6.45) is 7.61. The Hall–Kier alpha value is -4.38. The van der Waals surface area contributed by atoms with Gasteiger partial charge in [-0.2, -0.15) is 0 Å². The lowest BCUT2D eigenvalue weighted by molar-refractivity contribution is 0.284. The number of nitrogens with one attached hydrogen (secondary N) is 1. The minimum Gasteiger partial charge on any atom is -0.493 e. The lowest BCUT2D eigenvalue weighted by atomic mass is 9.76. The Morgan fingerprint density at radius 2 is 1.85 bits per heavy atom. The van der Waals surface area contributed by atoms with Crippen LogP contribution in [0.5, 0.6) is 11.5 Å². The van der Waals surface area contributed by atoms with E-state index in [4.69, 9.17) is 9.47 Å². The van der Waals surface area contributed by atoms with Crippen molar-refractivity contribution in [2.75, 3.05) is 12.4 Å². The molecule has 39 heavy (non-hydrogen) atoms. The predicted molar refractivity (Wildman–Crippen MR) is 155 cm³/mol. The number of benzene rings is 4. The van der Waals surface area contributed by atoms with Crippen LogP contribution >= 0.6 is 0 Å². The normalized spacial score (nSPS) is 19.4. The maximum atomic E-state index is 13.4. The number of aryl methyl sites for hydroxylation is 1. The molecule has 0 saturated heterocycles. The second-order valence-electron chi connectivity index (χ2n) is 10.2. The first-order chi connectivity index (χ1) is 19.1. The fraction of sp³-hybridized carbons (Fsp3) is 0.206. The monoisotopic (exact) mass is 518 g/mol. The van der Waals surface area contributed by atoms with Crippen molar-refractivity contribution in [2.24, 2.45) is 10.9 Å². The van der Waals surface area contributed by atoms with E-state index in [0.29, 0.717) is 23.3 Å². The molecule has 4 nitrogen and oxygen atoms in total. The van der Waals surface area contributed by atoms with Crippen molar-refractivity contribution in [1.82, 2.24) is 0 Å². The largest absolute Gasteiger partial charge is 0.493 e. The number of anilines is 1. The summed E-state index contributed by atoms with van der Waals surface area (Å²) in [5.41, 5.74) is 7.77. The highest BCUT2D eigenvalue weighted by atomic mass is 19.1. The van der Waals surface area contributed by atoms with Gasteiger partial charge in [0.2, 0.25) is 0 Å². The highest BCUT2D eigenvalue weighted by Crippen LogP contribution is 2.50. The predicted octanol–water partition coefficient (Wildman–Crippen LogP) is 8.30. The molecule has 1 aliphatic heterocycles. The van der Waals surface area contributed by atoms with E-state index in [9.17, 15) is 4.39 Å². The Morgan fingerprint density at radius 1 is 0.974 bits per heavy atom. The first-order valence-electron chi connectivity index (χ1n) is 13.3. The Bertz CT molecular complexity index is 1540. The summed E-state index contributed by atoms with van der Waals surface area (Å²) in [7, 11) is 1.60. The molecule has 0 amide bonds. The molecule has 0 fully saturated rings. The maximum absolute atomic E-state index is 13.4. The van der Waals surface area contributed by atoms with Crippen molar-refractivity contribution in [1.29, 1.82) is 0 Å². The molecule has 0 bridgehead atoms. The van der Waals surface area contributed by atoms with Crippen LogP contribution in [0.3, 0.4) is 0 Å². The number of fused-ring (bicyclic) bond motifs is 3. The van der Waals surface area contributed by atoms with Gasteiger partial charge >= 0.3 is 0 Å². The van der Waals surface area contributed by atoms with E-state index in [1.54, 1.807) is 13.2 Å². The molecule has 1 heterocycles. The van der Waals surface area contributed by atoms with Gasteiger partial charge in [-0.3, -0.25) is 4.99 Å². The molecular weight excluding hydrogens is 487 g/mol. The van der Waals surface area contributed by atoms with Crippen LogP contribution in [0.2, 0.25) is 0 Å². The van der Waals surface area contributed by atoms with Gasteiger partial charge in [-0.05, 0) is 90.0 Å². The zero-order valence-electron chi connectivity index (χ0n) is 22.1. The van der Waals surface area contributed by atoms with Crippen LogP contribution in [0, 0.1) is 18.7 Å². The molecule has 3 atom stereocenters. The lowest BCUT2D eigenvalue weighted by Gasteiger charge is -2.37. The van der Waals surface area contributed by atoms with Crippen molar-refractivity contribution in [2.45, 2.75) is 31.9 Å². The molecule has 196 valence electrons. The van der Waals surface area contributed by atoms with Crippen molar-refractivity contribution in [3.63, 3.8) is 0 Å². The van der Waals surface area contributed by atoms with E-state index in [1.807, 2.05) is 30.5 Å². The van der Waals surface area contributed by atoms with Crippen LogP contribution in [0.4, 0.5) is 15.8 Å². The van der Waals surface area contributed by atoms with Crippen LogP contribution in [0.25, 0.3) is 0 Å². The summed E-state index contributed by atoms with van der Waals surface area (Å²) in [6, 6.07) is 27.5. The van der Waals surface area contributed by atoms with E-state index in [-0.39, 0.29) is 18.5 Å². The fourth-order valence-corrected chi connectivity index (χ4v) is 5.63. The van der Waals surface area contributed by atoms with Gasteiger partial charge in [0.15, 0.2) is 11.5 Å². The van der Waals surface area contributed by atoms with Crippen molar-refractivity contribution < 1.29 is 13.9 Å². The van der Waals surface area contributed by atoms with Crippen molar-refractivity contribution in [3.8, 4) is 11.5 Å². The summed E-state index contributed by atoms with van der Waals surface area (Å²) >= 11 is 0. The summed E-state index contributed by atoms with van der Waals surface area (Å²) in [4.78, 5) is 4.69. The van der Waals surface area contributed by atoms with Crippen LogP contribution in [0.15, 0.2) is 102 Å². The Kier molecular flexibility index (Phi) is 6.89. The van der Waals surface area contributed by atoms with Gasteiger partial charge in [-0.1, -0.05) is 54.1 Å². The number of rotatable bonds is 7. The number of nitrogens with zero attached hydrogens (tertiary/aromatic N) is 1. The molecule has 1 aliphatic carbocycles. The van der Waals surface area contributed by atoms with E-state index >= 15 is 0 Å². The minimum absolute atomic E-state index is 0.257. The number of allylic oxidation sites excluding steroid dienone is 2. The molecule has 4 aromatic rings. The van der Waals surface area contributed by atoms with Crippen molar-refractivity contribution in [3.05, 3.63) is 131 Å². The number of methoxy groups -OCH3 is 1. The van der Waals surface area contributed by atoms with Gasteiger partial charge in [-0.25, -0.2) is 4.39 Å². The quantitative estimate of drug-likeness (QED) is 0.198. The zero-order chi connectivity index (χ0) is 26.8. The Labute approximate surface area is 228 Å². The first-order valence-corrected chi connectivity index (χ1v) is 13.3. The smallest absolute Gasteiger partial charge is 0.161 e. The van der Waals surface area contributed by atoms with E-state index in [2.05, 4.69) is 71.8 Å². The third-order valence-electron chi connectivity index (χ3n) is 7.60. The number of hydrogen-bond acceptors (Lipinski definition) is 4. The number of halogens is 1. The molecule has 6 rings (SSSR count). The second kappa shape index (κ2) is 10.8. The molecular formula is C34H31FN2O2. The van der Waals surface area contributed by atoms with E-state index in [1.165, 1.54) is 34.5 Å². The first kappa shape index (κ1) is 24.9. The van der Waals surface area contributed by atoms with Crippen molar-refractivity contribution >= 4 is 17.6 Å². The van der Waals surface area contributed by atoms with Crippen LogP contribution in [0.1, 0.15) is 46.2 Å². The number of aliphatic imine (C=N–C) groups is 1. The summed E-state index contributed by atoms with van der Waals surface area (Å²) in [6.45, 7) is 2.42. The molecule has 4 aromatic carbocycles. The van der Waals surface area contributed by atoms with Crippen LogP contribution in [-0.2, 0) is 6.61 Å². The number of hydrogen-bond donors (Lipinski definition) is 1. The molecule has 0 spiro atoms. The zero-order valence-corrected chi connectivity index (χ0v) is 22.1. The van der Waals surface area contributed by atoms with Gasteiger partial charge in [0.1, 0.15) is 12.4 Å².